The number of hydrogen-bond acceptors (Lipinski definition) is 4. The lowest BCUT2D eigenvalue weighted by atomic mass is 10.1. The van der Waals surface area contributed by atoms with E-state index in [1.807, 2.05) is 0 Å². The van der Waals surface area contributed by atoms with E-state index in [1.54, 1.807) is 57.2 Å². The molecular formula is C23H28Cl3N3O4S. The molecule has 0 aliphatic heterocycles. The average Bonchev–Trinajstić information content (AvgIpc) is 2.75. The molecule has 7 nitrogen and oxygen atoms in total. The Morgan fingerprint density at radius 3 is 2.09 bits per heavy atom. The Kier molecular flexibility index (Phi) is 10.1. The van der Waals surface area contributed by atoms with Gasteiger partial charge in [0.1, 0.15) is 12.6 Å². The first-order chi connectivity index (χ1) is 15.9. The van der Waals surface area contributed by atoms with Gasteiger partial charge in [0.2, 0.25) is 21.8 Å². The van der Waals surface area contributed by atoms with Gasteiger partial charge in [0.25, 0.3) is 0 Å². The van der Waals surface area contributed by atoms with E-state index in [2.05, 4.69) is 5.32 Å². The van der Waals surface area contributed by atoms with Gasteiger partial charge in [-0.15, -0.1) is 0 Å². The van der Waals surface area contributed by atoms with Gasteiger partial charge in [-0.05, 0) is 50.1 Å². The number of amides is 2. The molecule has 0 aliphatic rings. The summed E-state index contributed by atoms with van der Waals surface area (Å²) in [7, 11) is -3.86. The molecule has 186 valence electrons. The lowest BCUT2D eigenvalue weighted by molar-refractivity contribution is -0.140. The number of hydrogen-bond donors (Lipinski definition) is 1. The van der Waals surface area contributed by atoms with Crippen LogP contribution in [0.4, 0.5) is 5.69 Å². The topological polar surface area (TPSA) is 86.8 Å². The molecule has 0 saturated carbocycles. The molecule has 2 amide bonds. The molecule has 0 radical (unpaired) electrons. The Hall–Kier alpha value is -2.00. The van der Waals surface area contributed by atoms with E-state index >= 15 is 0 Å². The second kappa shape index (κ2) is 12.1. The molecule has 0 unspecified atom stereocenters. The molecule has 2 aromatic carbocycles. The van der Waals surface area contributed by atoms with Crippen LogP contribution < -0.4 is 9.62 Å². The Balaban J connectivity index is 2.54. The van der Waals surface area contributed by atoms with Crippen molar-refractivity contribution in [2.75, 3.05) is 23.7 Å². The Bertz CT molecular complexity index is 1140. The van der Waals surface area contributed by atoms with Crippen LogP contribution in [-0.2, 0) is 26.2 Å². The largest absolute Gasteiger partial charge is 0.355 e. The molecule has 0 spiro atoms. The van der Waals surface area contributed by atoms with Crippen LogP contribution in [0.15, 0.2) is 36.4 Å². The Labute approximate surface area is 216 Å². The number of sulfonamides is 1. The van der Waals surface area contributed by atoms with E-state index in [9.17, 15) is 18.0 Å². The quantitative estimate of drug-likeness (QED) is 0.468. The molecule has 11 heteroatoms. The molecule has 2 rings (SSSR count). The summed E-state index contributed by atoms with van der Waals surface area (Å²) in [5.74, 6) is -0.940. The van der Waals surface area contributed by atoms with Crippen LogP contribution in [0.1, 0.15) is 31.4 Å². The number of halogens is 3. The van der Waals surface area contributed by atoms with E-state index in [1.165, 1.54) is 4.90 Å². The van der Waals surface area contributed by atoms with Gasteiger partial charge in [0, 0.05) is 33.7 Å². The lowest BCUT2D eigenvalue weighted by Crippen LogP contribution is -2.52. The highest BCUT2D eigenvalue weighted by atomic mass is 35.5. The summed E-state index contributed by atoms with van der Waals surface area (Å²) in [5, 5.41) is 3.77. The zero-order chi connectivity index (χ0) is 25.6. The summed E-state index contributed by atoms with van der Waals surface area (Å²) in [6.45, 7) is 4.99. The van der Waals surface area contributed by atoms with E-state index in [-0.39, 0.29) is 18.1 Å². The molecule has 0 fully saturated rings. The number of carbonyl (C=O) groups excluding carboxylic acids is 2. The number of nitrogens with one attached hydrogen (secondary N) is 1. The Morgan fingerprint density at radius 2 is 1.56 bits per heavy atom. The zero-order valence-electron chi connectivity index (χ0n) is 19.4. The minimum Gasteiger partial charge on any atom is -0.355 e. The minimum absolute atomic E-state index is 0.0703. The number of nitrogens with zero attached hydrogens (tertiary/aromatic N) is 2. The van der Waals surface area contributed by atoms with Crippen molar-refractivity contribution in [1.29, 1.82) is 0 Å². The number of benzene rings is 2. The summed E-state index contributed by atoms with van der Waals surface area (Å²) in [5.41, 5.74) is 1.26. The summed E-state index contributed by atoms with van der Waals surface area (Å²) in [6, 6.07) is 8.91. The first-order valence-corrected chi connectivity index (χ1v) is 13.6. The van der Waals surface area contributed by atoms with Gasteiger partial charge in [-0.25, -0.2) is 8.42 Å². The third-order valence-electron chi connectivity index (χ3n) is 5.31. The monoisotopic (exact) mass is 547 g/mol. The van der Waals surface area contributed by atoms with Crippen molar-refractivity contribution in [3.05, 3.63) is 62.6 Å². The minimum atomic E-state index is -3.86. The van der Waals surface area contributed by atoms with Crippen LogP contribution in [0.3, 0.4) is 0 Å². The van der Waals surface area contributed by atoms with Gasteiger partial charge >= 0.3 is 0 Å². The Morgan fingerprint density at radius 1 is 1.00 bits per heavy atom. The first kappa shape index (κ1) is 28.2. The fourth-order valence-corrected chi connectivity index (χ4v) is 5.11. The molecular weight excluding hydrogens is 521 g/mol. The van der Waals surface area contributed by atoms with Gasteiger partial charge < -0.3 is 10.2 Å². The third-order valence-corrected chi connectivity index (χ3v) is 7.56. The van der Waals surface area contributed by atoms with Crippen LogP contribution in [0.5, 0.6) is 0 Å². The predicted octanol–water partition coefficient (Wildman–Crippen LogP) is 4.66. The fraction of sp³-hybridized carbons (Fsp3) is 0.391. The maximum Gasteiger partial charge on any atom is 0.244 e. The first-order valence-electron chi connectivity index (χ1n) is 10.6. The van der Waals surface area contributed by atoms with Crippen LogP contribution in [0.25, 0.3) is 0 Å². The van der Waals surface area contributed by atoms with Gasteiger partial charge in [-0.1, -0.05) is 53.9 Å². The van der Waals surface area contributed by atoms with Crippen LogP contribution in [0.2, 0.25) is 15.1 Å². The van der Waals surface area contributed by atoms with Gasteiger partial charge in [-0.2, -0.15) is 0 Å². The average molecular weight is 549 g/mol. The van der Waals surface area contributed by atoms with Gasteiger partial charge in [0.15, 0.2) is 0 Å². The van der Waals surface area contributed by atoms with Crippen molar-refractivity contribution in [2.45, 2.75) is 39.8 Å². The van der Waals surface area contributed by atoms with Crippen molar-refractivity contribution < 1.29 is 18.0 Å². The van der Waals surface area contributed by atoms with Crippen molar-refractivity contribution in [2.24, 2.45) is 0 Å². The van der Waals surface area contributed by atoms with E-state index < -0.39 is 28.5 Å². The SMILES string of the molecule is CCNC(=O)[C@H](CC)N(Cc1c(Cl)cccc1Cl)C(=O)CN(c1cccc(Cl)c1C)S(C)(=O)=O. The van der Waals surface area contributed by atoms with Crippen molar-refractivity contribution in [1.82, 2.24) is 10.2 Å². The number of anilines is 1. The number of rotatable bonds is 10. The fourth-order valence-electron chi connectivity index (χ4n) is 3.53. The van der Waals surface area contributed by atoms with Gasteiger partial charge in [-0.3, -0.25) is 13.9 Å². The number of carbonyl (C=O) groups is 2. The summed E-state index contributed by atoms with van der Waals surface area (Å²) in [6.07, 6.45) is 1.31. The molecule has 0 bridgehead atoms. The summed E-state index contributed by atoms with van der Waals surface area (Å²) >= 11 is 18.9. The zero-order valence-corrected chi connectivity index (χ0v) is 22.5. The third kappa shape index (κ3) is 6.78. The predicted molar refractivity (Wildman–Crippen MR) is 138 cm³/mol. The van der Waals surface area contributed by atoms with Crippen molar-refractivity contribution >= 4 is 62.3 Å². The van der Waals surface area contributed by atoms with Crippen LogP contribution in [0, 0.1) is 6.92 Å². The smallest absolute Gasteiger partial charge is 0.244 e. The summed E-state index contributed by atoms with van der Waals surface area (Å²) in [4.78, 5) is 27.8. The highest BCUT2D eigenvalue weighted by Crippen LogP contribution is 2.30. The molecule has 1 N–H and O–H groups in total. The maximum atomic E-state index is 13.6. The van der Waals surface area contributed by atoms with E-state index in [0.717, 1.165) is 10.6 Å². The van der Waals surface area contributed by atoms with E-state index in [4.69, 9.17) is 34.8 Å². The molecule has 0 aromatic heterocycles. The normalized spacial score (nSPS) is 12.2. The summed E-state index contributed by atoms with van der Waals surface area (Å²) < 4.78 is 26.4. The van der Waals surface area contributed by atoms with Crippen LogP contribution in [-0.4, -0.2) is 50.5 Å². The molecule has 0 aliphatic carbocycles. The molecule has 34 heavy (non-hydrogen) atoms. The van der Waals surface area contributed by atoms with Crippen molar-refractivity contribution in [3.8, 4) is 0 Å². The second-order valence-corrected chi connectivity index (χ2v) is 10.8. The maximum absolute atomic E-state index is 13.6. The molecule has 0 heterocycles. The molecule has 0 saturated heterocycles. The lowest BCUT2D eigenvalue weighted by Gasteiger charge is -2.33. The van der Waals surface area contributed by atoms with Crippen molar-refractivity contribution in [3.63, 3.8) is 0 Å². The highest BCUT2D eigenvalue weighted by molar-refractivity contribution is 7.92. The molecule has 2 aromatic rings. The number of likely N-dealkylation sites (N-methyl/N-ethyl adjacent to an activating group) is 1. The van der Waals surface area contributed by atoms with Crippen LogP contribution >= 0.6 is 34.8 Å². The second-order valence-electron chi connectivity index (χ2n) is 7.69. The van der Waals surface area contributed by atoms with Gasteiger partial charge in [0.05, 0.1) is 11.9 Å². The highest BCUT2D eigenvalue weighted by Gasteiger charge is 2.32. The standard InChI is InChI=1S/C23H28Cl3N3O4S/c1-5-20(23(31)27-6-2)28(13-16-18(25)10-7-11-19(16)26)22(30)14-29(34(4,32)33)21-12-8-9-17(24)15(21)3/h7-12,20H,5-6,13-14H2,1-4H3,(H,27,31)/t20-/m0/s1. The molecule has 1 atom stereocenters. The van der Waals surface area contributed by atoms with E-state index in [0.29, 0.717) is 39.2 Å².